The molecule has 0 unspecified atom stereocenters. The van der Waals surface area contributed by atoms with Gasteiger partial charge >= 0.3 is 0 Å². The maximum absolute atomic E-state index is 12.1. The van der Waals surface area contributed by atoms with Crippen molar-refractivity contribution in [3.63, 3.8) is 0 Å². The molecule has 0 saturated carbocycles. The molecule has 0 spiro atoms. The summed E-state index contributed by atoms with van der Waals surface area (Å²) in [5.74, 6) is 0.846. The molecule has 1 aromatic rings. The van der Waals surface area contributed by atoms with Crippen molar-refractivity contribution in [2.45, 2.75) is 19.8 Å². The molecule has 0 aliphatic carbocycles. The Morgan fingerprint density at radius 3 is 2.41 bits per heavy atom. The van der Waals surface area contributed by atoms with Crippen molar-refractivity contribution in [1.82, 2.24) is 9.80 Å². The number of carbonyl (C=O) groups is 2. The molecule has 6 nitrogen and oxygen atoms in total. The summed E-state index contributed by atoms with van der Waals surface area (Å²) in [6, 6.07) is 7.32. The number of hydrogen-bond acceptors (Lipinski definition) is 4. The van der Waals surface area contributed by atoms with Gasteiger partial charge in [0.05, 0.1) is 12.3 Å². The SMILES string of the molecule is CC(=O)N1CCN(C(=O)CCCOc2ccccc2N)CC1. The largest absolute Gasteiger partial charge is 0.491 e. The van der Waals surface area contributed by atoms with Gasteiger partial charge in [0, 0.05) is 39.5 Å². The number of benzene rings is 1. The molecule has 1 aromatic carbocycles. The zero-order chi connectivity index (χ0) is 15.9. The molecule has 6 heteroatoms. The first kappa shape index (κ1) is 16.1. The topological polar surface area (TPSA) is 75.9 Å². The minimum Gasteiger partial charge on any atom is -0.491 e. The molecule has 2 rings (SSSR count). The third kappa shape index (κ3) is 4.38. The van der Waals surface area contributed by atoms with Crippen LogP contribution in [0.15, 0.2) is 24.3 Å². The summed E-state index contributed by atoms with van der Waals surface area (Å²) in [7, 11) is 0. The number of hydrogen-bond donors (Lipinski definition) is 1. The van der Waals surface area contributed by atoms with Crippen LogP contribution >= 0.6 is 0 Å². The Morgan fingerprint density at radius 1 is 1.14 bits per heavy atom. The minimum atomic E-state index is 0.0703. The van der Waals surface area contributed by atoms with E-state index in [4.69, 9.17) is 10.5 Å². The number of nitrogens with zero attached hydrogens (tertiary/aromatic N) is 2. The monoisotopic (exact) mass is 305 g/mol. The molecule has 0 bridgehead atoms. The van der Waals surface area contributed by atoms with Gasteiger partial charge in [0.1, 0.15) is 5.75 Å². The lowest BCUT2D eigenvalue weighted by Gasteiger charge is -2.34. The fraction of sp³-hybridized carbons (Fsp3) is 0.500. The summed E-state index contributed by atoms with van der Waals surface area (Å²) in [4.78, 5) is 26.9. The average molecular weight is 305 g/mol. The number of rotatable bonds is 5. The van der Waals surface area contributed by atoms with Crippen LogP contribution in [0.4, 0.5) is 5.69 Å². The van der Waals surface area contributed by atoms with Crippen molar-refractivity contribution in [1.29, 1.82) is 0 Å². The van der Waals surface area contributed by atoms with Gasteiger partial charge in [-0.1, -0.05) is 12.1 Å². The van der Waals surface area contributed by atoms with Crippen LogP contribution in [-0.4, -0.2) is 54.4 Å². The van der Waals surface area contributed by atoms with Gasteiger partial charge in [-0.2, -0.15) is 0 Å². The summed E-state index contributed by atoms with van der Waals surface area (Å²) in [6.45, 7) is 4.50. The van der Waals surface area contributed by atoms with Gasteiger partial charge in [0.15, 0.2) is 0 Å². The van der Waals surface area contributed by atoms with E-state index >= 15 is 0 Å². The van der Waals surface area contributed by atoms with Crippen LogP contribution in [-0.2, 0) is 9.59 Å². The molecule has 120 valence electrons. The lowest BCUT2D eigenvalue weighted by Crippen LogP contribution is -2.50. The Labute approximate surface area is 130 Å². The van der Waals surface area contributed by atoms with E-state index in [1.54, 1.807) is 17.9 Å². The normalized spacial score (nSPS) is 14.8. The molecule has 1 aliphatic heterocycles. The molecule has 2 N–H and O–H groups in total. The maximum atomic E-state index is 12.1. The summed E-state index contributed by atoms with van der Waals surface area (Å²) < 4.78 is 5.57. The Balaban J connectivity index is 1.66. The van der Waals surface area contributed by atoms with Gasteiger partial charge in [-0.05, 0) is 18.6 Å². The predicted octanol–water partition coefficient (Wildman–Crippen LogP) is 1.12. The van der Waals surface area contributed by atoms with Crippen molar-refractivity contribution in [2.24, 2.45) is 0 Å². The highest BCUT2D eigenvalue weighted by molar-refractivity contribution is 5.77. The van der Waals surface area contributed by atoms with Gasteiger partial charge in [0.2, 0.25) is 11.8 Å². The van der Waals surface area contributed by atoms with Gasteiger partial charge in [-0.15, -0.1) is 0 Å². The molecule has 1 fully saturated rings. The van der Waals surface area contributed by atoms with E-state index in [0.717, 1.165) is 0 Å². The quantitative estimate of drug-likeness (QED) is 0.653. The Kier molecular flexibility index (Phi) is 5.63. The number of nitrogens with two attached hydrogens (primary N) is 1. The fourth-order valence-corrected chi connectivity index (χ4v) is 2.45. The molecule has 22 heavy (non-hydrogen) atoms. The number of piperazine rings is 1. The first-order valence-electron chi connectivity index (χ1n) is 7.58. The van der Waals surface area contributed by atoms with Crippen LogP contribution in [0.25, 0.3) is 0 Å². The van der Waals surface area contributed by atoms with E-state index in [9.17, 15) is 9.59 Å². The highest BCUT2D eigenvalue weighted by Gasteiger charge is 2.21. The lowest BCUT2D eigenvalue weighted by atomic mass is 10.2. The zero-order valence-corrected chi connectivity index (χ0v) is 13.0. The number of amides is 2. The number of ether oxygens (including phenoxy) is 1. The Bertz CT molecular complexity index is 525. The number of nitrogen functional groups attached to an aromatic ring is 1. The molecule has 1 heterocycles. The molecule has 0 aromatic heterocycles. The Hall–Kier alpha value is -2.24. The van der Waals surface area contributed by atoms with E-state index in [1.807, 2.05) is 23.1 Å². The van der Waals surface area contributed by atoms with Crippen LogP contribution in [0.3, 0.4) is 0 Å². The molecule has 0 radical (unpaired) electrons. The Morgan fingerprint density at radius 2 is 1.77 bits per heavy atom. The van der Waals surface area contributed by atoms with E-state index in [0.29, 0.717) is 57.1 Å². The standard InChI is InChI=1S/C16H23N3O3/c1-13(20)18-8-10-19(11-9-18)16(21)7-4-12-22-15-6-3-2-5-14(15)17/h2-3,5-6H,4,7-12,17H2,1H3. The summed E-state index contributed by atoms with van der Waals surface area (Å²) >= 11 is 0. The van der Waals surface area contributed by atoms with Crippen LogP contribution in [0.1, 0.15) is 19.8 Å². The number of para-hydroxylation sites is 2. The molecule has 0 atom stereocenters. The lowest BCUT2D eigenvalue weighted by molar-refractivity contribution is -0.138. The zero-order valence-electron chi connectivity index (χ0n) is 13.0. The maximum Gasteiger partial charge on any atom is 0.222 e. The minimum absolute atomic E-state index is 0.0703. The van der Waals surface area contributed by atoms with E-state index in [1.165, 1.54) is 0 Å². The summed E-state index contributed by atoms with van der Waals surface area (Å²) in [5, 5.41) is 0. The second-order valence-electron chi connectivity index (χ2n) is 5.38. The highest BCUT2D eigenvalue weighted by atomic mass is 16.5. The highest BCUT2D eigenvalue weighted by Crippen LogP contribution is 2.19. The third-order valence-corrected chi connectivity index (χ3v) is 3.79. The third-order valence-electron chi connectivity index (χ3n) is 3.79. The smallest absolute Gasteiger partial charge is 0.222 e. The van der Waals surface area contributed by atoms with Crippen LogP contribution < -0.4 is 10.5 Å². The number of carbonyl (C=O) groups excluding carboxylic acids is 2. The number of anilines is 1. The molecular formula is C16H23N3O3. The molecule has 1 aliphatic rings. The fourth-order valence-electron chi connectivity index (χ4n) is 2.45. The average Bonchev–Trinajstić information content (AvgIpc) is 2.53. The van der Waals surface area contributed by atoms with E-state index in [-0.39, 0.29) is 11.8 Å². The summed E-state index contributed by atoms with van der Waals surface area (Å²) in [6.07, 6.45) is 1.10. The van der Waals surface area contributed by atoms with Gasteiger partial charge < -0.3 is 20.3 Å². The van der Waals surface area contributed by atoms with E-state index in [2.05, 4.69) is 0 Å². The van der Waals surface area contributed by atoms with Crippen molar-refractivity contribution < 1.29 is 14.3 Å². The van der Waals surface area contributed by atoms with Gasteiger partial charge in [-0.25, -0.2) is 0 Å². The molecule has 2 amide bonds. The van der Waals surface area contributed by atoms with Gasteiger partial charge in [0.25, 0.3) is 0 Å². The second-order valence-corrected chi connectivity index (χ2v) is 5.38. The van der Waals surface area contributed by atoms with Crippen molar-refractivity contribution >= 4 is 17.5 Å². The molecule has 1 saturated heterocycles. The van der Waals surface area contributed by atoms with Crippen LogP contribution in [0, 0.1) is 0 Å². The van der Waals surface area contributed by atoms with Gasteiger partial charge in [-0.3, -0.25) is 9.59 Å². The second kappa shape index (κ2) is 7.68. The van der Waals surface area contributed by atoms with Crippen LogP contribution in [0.2, 0.25) is 0 Å². The molecular weight excluding hydrogens is 282 g/mol. The van der Waals surface area contributed by atoms with Crippen LogP contribution in [0.5, 0.6) is 5.75 Å². The first-order chi connectivity index (χ1) is 10.6. The van der Waals surface area contributed by atoms with Crippen molar-refractivity contribution in [3.05, 3.63) is 24.3 Å². The first-order valence-corrected chi connectivity index (χ1v) is 7.58. The van der Waals surface area contributed by atoms with Crippen molar-refractivity contribution in [3.8, 4) is 5.75 Å². The van der Waals surface area contributed by atoms with E-state index < -0.39 is 0 Å². The predicted molar refractivity (Wildman–Crippen MR) is 84.4 cm³/mol. The summed E-state index contributed by atoms with van der Waals surface area (Å²) in [5.41, 5.74) is 6.39. The van der Waals surface area contributed by atoms with Crippen molar-refractivity contribution in [2.75, 3.05) is 38.5 Å².